The van der Waals surface area contributed by atoms with Gasteiger partial charge in [0.1, 0.15) is 22.8 Å². The van der Waals surface area contributed by atoms with E-state index in [-0.39, 0.29) is 11.7 Å². The molecule has 4 aromatic rings. The van der Waals surface area contributed by atoms with Gasteiger partial charge in [0.2, 0.25) is 0 Å². The number of carboxylic acids is 1. The lowest BCUT2D eigenvalue weighted by Gasteiger charge is -2.33. The third-order valence-corrected chi connectivity index (χ3v) is 8.96. The number of benzene rings is 2. The quantitative estimate of drug-likeness (QED) is 0.275. The van der Waals surface area contributed by atoms with Gasteiger partial charge in [-0.2, -0.15) is 0 Å². The van der Waals surface area contributed by atoms with Crippen LogP contribution in [0.4, 0.5) is 0 Å². The minimum Gasteiger partial charge on any atom is -0.494 e. The normalized spacial score (nSPS) is 22.1. The number of aromatic nitrogens is 3. The SMILES string of the molecule is COc1cc(C(=O)O)cc2c1nc(CN1CCC(c3cccc4c3OC(C)(c3ccc(Cl)cn3)O4)CC1)n2C[C@@H]1CCO1. The van der Waals surface area contributed by atoms with Crippen molar-refractivity contribution in [3.05, 3.63) is 76.3 Å². The Bertz CT molecular complexity index is 1680. The Morgan fingerprint density at radius 2 is 1.98 bits per heavy atom. The predicted octanol–water partition coefficient (Wildman–Crippen LogP) is 5.60. The van der Waals surface area contributed by atoms with Crippen LogP contribution in [-0.4, -0.2) is 63.4 Å². The highest BCUT2D eigenvalue weighted by molar-refractivity contribution is 6.30. The fourth-order valence-corrected chi connectivity index (χ4v) is 6.41. The molecule has 2 aromatic heterocycles. The number of imidazole rings is 1. The number of fused-ring (bicyclic) bond motifs is 2. The summed E-state index contributed by atoms with van der Waals surface area (Å²) in [5.74, 6) is 1.15. The van der Waals surface area contributed by atoms with Crippen LogP contribution in [0, 0.1) is 0 Å². The molecule has 5 heterocycles. The lowest BCUT2D eigenvalue weighted by Crippen LogP contribution is -2.35. The van der Waals surface area contributed by atoms with E-state index >= 15 is 0 Å². The van der Waals surface area contributed by atoms with E-state index in [1.807, 2.05) is 25.1 Å². The van der Waals surface area contributed by atoms with E-state index in [2.05, 4.69) is 20.5 Å². The first-order valence-electron chi connectivity index (χ1n) is 14.6. The molecule has 0 spiro atoms. The molecule has 2 aromatic carbocycles. The first kappa shape index (κ1) is 27.9. The molecule has 7 rings (SSSR count). The number of piperidine rings is 1. The lowest BCUT2D eigenvalue weighted by molar-refractivity contribution is -0.0722. The van der Waals surface area contributed by atoms with Crippen molar-refractivity contribution in [3.63, 3.8) is 0 Å². The van der Waals surface area contributed by atoms with Crippen molar-refractivity contribution in [2.75, 3.05) is 26.8 Å². The van der Waals surface area contributed by atoms with Gasteiger partial charge in [-0.05, 0) is 68.6 Å². The summed E-state index contributed by atoms with van der Waals surface area (Å²) in [4.78, 5) is 23.6. The van der Waals surface area contributed by atoms with E-state index in [4.69, 9.17) is 35.5 Å². The van der Waals surface area contributed by atoms with Crippen molar-refractivity contribution in [1.82, 2.24) is 19.4 Å². The predicted molar refractivity (Wildman–Crippen MR) is 159 cm³/mol. The fourth-order valence-electron chi connectivity index (χ4n) is 6.30. The van der Waals surface area contributed by atoms with Crippen molar-refractivity contribution in [1.29, 1.82) is 0 Å². The van der Waals surface area contributed by atoms with Crippen LogP contribution in [0.15, 0.2) is 48.7 Å². The number of para-hydroxylation sites is 1. The summed E-state index contributed by atoms with van der Waals surface area (Å²) in [6, 6.07) is 12.9. The number of halogens is 1. The van der Waals surface area contributed by atoms with Gasteiger partial charge in [0.15, 0.2) is 11.5 Å². The number of carbonyl (C=O) groups is 1. The van der Waals surface area contributed by atoms with Crippen LogP contribution in [-0.2, 0) is 23.6 Å². The Morgan fingerprint density at radius 1 is 1.16 bits per heavy atom. The Balaban J connectivity index is 1.10. The number of nitrogens with zero attached hydrogens (tertiary/aromatic N) is 4. The van der Waals surface area contributed by atoms with E-state index < -0.39 is 11.8 Å². The van der Waals surface area contributed by atoms with Crippen molar-refractivity contribution >= 4 is 28.6 Å². The minimum atomic E-state index is -1.02. The molecule has 10 nitrogen and oxygen atoms in total. The number of hydrogen-bond acceptors (Lipinski definition) is 8. The van der Waals surface area contributed by atoms with Crippen LogP contribution >= 0.6 is 11.6 Å². The van der Waals surface area contributed by atoms with Crippen LogP contribution in [0.25, 0.3) is 11.0 Å². The zero-order valence-corrected chi connectivity index (χ0v) is 24.8. The first-order chi connectivity index (χ1) is 20.8. The molecule has 0 radical (unpaired) electrons. The number of pyridine rings is 1. The Labute approximate surface area is 254 Å². The van der Waals surface area contributed by atoms with Gasteiger partial charge in [-0.3, -0.25) is 9.88 Å². The second-order valence-electron chi connectivity index (χ2n) is 11.5. The van der Waals surface area contributed by atoms with Crippen LogP contribution in [0.2, 0.25) is 5.02 Å². The summed E-state index contributed by atoms with van der Waals surface area (Å²) in [7, 11) is 1.54. The molecule has 3 aliphatic heterocycles. The van der Waals surface area contributed by atoms with Crippen LogP contribution in [0.1, 0.15) is 59.5 Å². The third kappa shape index (κ3) is 5.17. The fraction of sp³-hybridized carbons (Fsp3) is 0.406. The molecule has 11 heteroatoms. The summed E-state index contributed by atoms with van der Waals surface area (Å²) in [5.41, 5.74) is 3.42. The molecule has 2 atom stereocenters. The zero-order chi connectivity index (χ0) is 29.7. The molecule has 43 heavy (non-hydrogen) atoms. The number of aromatic carboxylic acids is 1. The first-order valence-corrected chi connectivity index (χ1v) is 15.0. The van der Waals surface area contributed by atoms with Crippen LogP contribution in [0.3, 0.4) is 0 Å². The molecule has 0 bridgehead atoms. The summed E-state index contributed by atoms with van der Waals surface area (Å²) in [6.07, 6.45) is 4.57. The van der Waals surface area contributed by atoms with Gasteiger partial charge in [0.25, 0.3) is 5.79 Å². The highest BCUT2D eigenvalue weighted by Crippen LogP contribution is 2.49. The van der Waals surface area contributed by atoms with Crippen molar-refractivity contribution in [3.8, 4) is 17.2 Å². The number of carboxylic acid groups (broad SMARTS) is 1. The molecule has 2 fully saturated rings. The Kier molecular flexibility index (Phi) is 7.15. The van der Waals surface area contributed by atoms with Crippen LogP contribution in [0.5, 0.6) is 17.2 Å². The molecule has 3 aliphatic rings. The maximum Gasteiger partial charge on any atom is 0.335 e. The summed E-state index contributed by atoms with van der Waals surface area (Å²) in [5, 5.41) is 10.3. The minimum absolute atomic E-state index is 0.0949. The highest BCUT2D eigenvalue weighted by atomic mass is 35.5. The maximum absolute atomic E-state index is 11.8. The molecular weight excluding hydrogens is 572 g/mol. The number of hydrogen-bond donors (Lipinski definition) is 1. The summed E-state index contributed by atoms with van der Waals surface area (Å²) in [6.45, 7) is 5.66. The smallest absolute Gasteiger partial charge is 0.335 e. The van der Waals surface area contributed by atoms with E-state index in [1.54, 1.807) is 25.4 Å². The standard InChI is InChI=1S/C32H33ClN4O6/c1-32(27-7-6-21(33)16-34-27)42-25-5-3-4-23(30(25)43-32)19-8-11-36(12-9-19)18-28-35-29-24(37(28)17-22-10-13-41-22)14-20(31(38)39)15-26(29)40-2/h3-7,14-16,19,22H,8-13,17-18H2,1-2H3,(H,38,39)/t22-,32?/m0/s1. The molecule has 1 unspecified atom stereocenters. The van der Waals surface area contributed by atoms with Gasteiger partial charge in [0, 0.05) is 25.3 Å². The molecule has 0 amide bonds. The average Bonchev–Trinajstić information content (AvgIpc) is 3.52. The Morgan fingerprint density at radius 3 is 2.65 bits per heavy atom. The second-order valence-corrected chi connectivity index (χ2v) is 11.9. The van der Waals surface area contributed by atoms with Gasteiger partial charge < -0.3 is 28.6 Å². The number of likely N-dealkylation sites (tertiary alicyclic amines) is 1. The van der Waals surface area contributed by atoms with Gasteiger partial charge >= 0.3 is 5.97 Å². The van der Waals surface area contributed by atoms with Gasteiger partial charge in [-0.1, -0.05) is 23.7 Å². The monoisotopic (exact) mass is 604 g/mol. The topological polar surface area (TPSA) is 108 Å². The molecular formula is C32H33ClN4O6. The second kappa shape index (κ2) is 11.0. The number of ether oxygens (including phenoxy) is 4. The Hall–Kier alpha value is -3.86. The van der Waals surface area contributed by atoms with Gasteiger partial charge in [-0.25, -0.2) is 9.78 Å². The molecule has 0 saturated carbocycles. The largest absolute Gasteiger partial charge is 0.494 e. The van der Waals surface area contributed by atoms with E-state index in [0.29, 0.717) is 41.0 Å². The van der Waals surface area contributed by atoms with E-state index in [0.717, 1.165) is 67.4 Å². The zero-order valence-electron chi connectivity index (χ0n) is 24.1. The molecule has 1 N–H and O–H groups in total. The summed E-state index contributed by atoms with van der Waals surface area (Å²) >= 11 is 6.05. The average molecular weight is 605 g/mol. The van der Waals surface area contributed by atoms with E-state index in [1.165, 1.54) is 6.07 Å². The maximum atomic E-state index is 11.8. The molecule has 0 aliphatic carbocycles. The molecule has 2 saturated heterocycles. The lowest BCUT2D eigenvalue weighted by atomic mass is 9.88. The number of rotatable bonds is 8. The van der Waals surface area contributed by atoms with Gasteiger partial charge in [0.05, 0.1) is 42.4 Å². The van der Waals surface area contributed by atoms with Crippen molar-refractivity contribution in [2.24, 2.45) is 0 Å². The highest BCUT2D eigenvalue weighted by Gasteiger charge is 2.42. The number of methoxy groups -OCH3 is 1. The van der Waals surface area contributed by atoms with E-state index in [9.17, 15) is 9.90 Å². The summed E-state index contributed by atoms with van der Waals surface area (Å²) < 4.78 is 26.1. The van der Waals surface area contributed by atoms with Crippen LogP contribution < -0.4 is 14.2 Å². The van der Waals surface area contributed by atoms with Gasteiger partial charge in [-0.15, -0.1) is 0 Å². The molecule has 224 valence electrons. The third-order valence-electron chi connectivity index (χ3n) is 8.74. The van der Waals surface area contributed by atoms with Crippen molar-refractivity contribution in [2.45, 2.75) is 57.1 Å². The van der Waals surface area contributed by atoms with Crippen molar-refractivity contribution < 1.29 is 28.8 Å².